The fourth-order valence-corrected chi connectivity index (χ4v) is 3.90. The molecule has 0 saturated heterocycles. The molecule has 8 heteroatoms. The van der Waals surface area contributed by atoms with E-state index in [9.17, 15) is 4.79 Å². The number of carbonyl (C=O) groups is 1. The van der Waals surface area contributed by atoms with E-state index in [-0.39, 0.29) is 5.91 Å². The maximum atomic E-state index is 11.7. The Morgan fingerprint density at radius 3 is 2.53 bits per heavy atom. The van der Waals surface area contributed by atoms with E-state index in [1.54, 1.807) is 48.8 Å². The maximum absolute atomic E-state index is 11.7. The zero-order valence-corrected chi connectivity index (χ0v) is 18.8. The smallest absolute Gasteiger partial charge is 0.252 e. The van der Waals surface area contributed by atoms with Crippen LogP contribution in [-0.2, 0) is 0 Å². The molecular weight excluding hydrogens is 422 g/mol. The molecule has 0 radical (unpaired) electrons. The Kier molecular flexibility index (Phi) is 6.42. The van der Waals surface area contributed by atoms with Crippen molar-refractivity contribution in [2.75, 3.05) is 12.4 Å². The van der Waals surface area contributed by atoms with E-state index < -0.39 is 0 Å². The summed E-state index contributed by atoms with van der Waals surface area (Å²) in [6, 6.07) is 17.1. The van der Waals surface area contributed by atoms with Gasteiger partial charge in [0, 0.05) is 37.0 Å². The zero-order valence-electron chi connectivity index (χ0n) is 18.0. The van der Waals surface area contributed by atoms with Gasteiger partial charge >= 0.3 is 0 Å². The number of ether oxygens (including phenoxy) is 1. The molecule has 0 atom stereocenters. The number of pyridine rings is 2. The van der Waals surface area contributed by atoms with Crippen LogP contribution in [0.1, 0.15) is 35.1 Å². The highest BCUT2D eigenvalue weighted by molar-refractivity contribution is 7.14. The van der Waals surface area contributed by atoms with Crippen LogP contribution < -0.4 is 15.4 Å². The van der Waals surface area contributed by atoms with Gasteiger partial charge in [0.2, 0.25) is 5.06 Å². The Hall–Kier alpha value is -3.78. The van der Waals surface area contributed by atoms with Gasteiger partial charge in [0.15, 0.2) is 0 Å². The van der Waals surface area contributed by atoms with Crippen LogP contribution in [0.25, 0.3) is 11.3 Å². The first-order chi connectivity index (χ1) is 15.5. The van der Waals surface area contributed by atoms with E-state index >= 15 is 0 Å². The number of amides is 1. The maximum Gasteiger partial charge on any atom is 0.252 e. The van der Waals surface area contributed by atoms with Crippen LogP contribution in [0.4, 0.5) is 11.6 Å². The van der Waals surface area contributed by atoms with Crippen molar-refractivity contribution >= 4 is 28.9 Å². The van der Waals surface area contributed by atoms with E-state index in [0.29, 0.717) is 28.9 Å². The normalized spacial score (nSPS) is 10.8. The van der Waals surface area contributed by atoms with E-state index in [1.165, 1.54) is 6.20 Å². The number of hydrogen-bond donors (Lipinski definition) is 2. The molecule has 4 rings (SSSR count). The van der Waals surface area contributed by atoms with Crippen molar-refractivity contribution in [2.45, 2.75) is 19.8 Å². The number of hydrogen-bond acceptors (Lipinski definition) is 7. The summed E-state index contributed by atoms with van der Waals surface area (Å²) in [6.45, 7) is 4.24. The minimum atomic E-state index is -0.183. The second-order valence-electron chi connectivity index (χ2n) is 7.32. The van der Waals surface area contributed by atoms with E-state index in [0.717, 1.165) is 21.3 Å². The molecule has 0 saturated carbocycles. The van der Waals surface area contributed by atoms with Crippen LogP contribution in [0.5, 0.6) is 10.8 Å². The second-order valence-corrected chi connectivity index (χ2v) is 8.32. The fraction of sp³-hybridized carbons (Fsp3) is 0.167. The van der Waals surface area contributed by atoms with Gasteiger partial charge < -0.3 is 15.4 Å². The predicted molar refractivity (Wildman–Crippen MR) is 127 cm³/mol. The Labute approximate surface area is 190 Å². The van der Waals surface area contributed by atoms with E-state index in [4.69, 9.17) is 9.72 Å². The first-order valence-corrected chi connectivity index (χ1v) is 11.0. The van der Waals surface area contributed by atoms with Crippen LogP contribution in [0, 0.1) is 0 Å². The van der Waals surface area contributed by atoms with Gasteiger partial charge in [0.1, 0.15) is 23.1 Å². The molecule has 1 aromatic carbocycles. The predicted octanol–water partition coefficient (Wildman–Crippen LogP) is 5.62. The van der Waals surface area contributed by atoms with Crippen LogP contribution in [-0.4, -0.2) is 27.9 Å². The Morgan fingerprint density at radius 2 is 1.84 bits per heavy atom. The third-order valence-electron chi connectivity index (χ3n) is 4.60. The summed E-state index contributed by atoms with van der Waals surface area (Å²) in [5, 5.41) is 7.47. The van der Waals surface area contributed by atoms with Crippen LogP contribution in [0.15, 0.2) is 67.0 Å². The van der Waals surface area contributed by atoms with Crippen LogP contribution in [0.2, 0.25) is 0 Å². The molecule has 0 aliphatic rings. The Balaban J connectivity index is 1.56. The first kappa shape index (κ1) is 21.5. The number of nitrogens with zero attached hydrogens (tertiary/aromatic N) is 3. The molecule has 0 bridgehead atoms. The van der Waals surface area contributed by atoms with E-state index in [2.05, 4.69) is 34.4 Å². The van der Waals surface area contributed by atoms with Crippen molar-refractivity contribution in [3.8, 4) is 22.1 Å². The molecule has 7 nitrogen and oxygen atoms in total. The molecule has 0 unspecified atom stereocenters. The molecule has 162 valence electrons. The second kappa shape index (κ2) is 9.57. The van der Waals surface area contributed by atoms with Crippen molar-refractivity contribution in [1.82, 2.24) is 20.3 Å². The summed E-state index contributed by atoms with van der Waals surface area (Å²) in [4.78, 5) is 25.1. The molecule has 3 heterocycles. The SMILES string of the molecule is CNC(=O)c1ccc(Nc2cc(Oc3sc(C(C)C)nc3-c3ccccc3)ccn2)nc1. The molecule has 0 spiro atoms. The van der Waals surface area contributed by atoms with Gasteiger partial charge in [-0.15, -0.1) is 0 Å². The average molecular weight is 446 g/mol. The monoisotopic (exact) mass is 445 g/mol. The molecule has 4 aromatic rings. The van der Waals surface area contributed by atoms with E-state index in [1.807, 2.05) is 30.3 Å². The lowest BCUT2D eigenvalue weighted by Crippen LogP contribution is -2.17. The molecule has 2 N–H and O–H groups in total. The highest BCUT2D eigenvalue weighted by Gasteiger charge is 2.17. The molecular formula is C24H23N5O2S. The molecule has 32 heavy (non-hydrogen) atoms. The lowest BCUT2D eigenvalue weighted by atomic mass is 10.1. The van der Waals surface area contributed by atoms with Crippen molar-refractivity contribution < 1.29 is 9.53 Å². The summed E-state index contributed by atoms with van der Waals surface area (Å²) < 4.78 is 6.24. The largest absolute Gasteiger partial charge is 0.444 e. The van der Waals surface area contributed by atoms with Gasteiger partial charge in [-0.05, 0) is 18.2 Å². The van der Waals surface area contributed by atoms with Crippen molar-refractivity contribution in [1.29, 1.82) is 0 Å². The summed E-state index contributed by atoms with van der Waals surface area (Å²) in [7, 11) is 1.58. The molecule has 1 amide bonds. The number of thiazole rings is 1. The van der Waals surface area contributed by atoms with Crippen molar-refractivity contribution in [2.24, 2.45) is 0 Å². The summed E-state index contributed by atoms with van der Waals surface area (Å²) in [6.07, 6.45) is 3.18. The Morgan fingerprint density at radius 1 is 1.03 bits per heavy atom. The quantitative estimate of drug-likeness (QED) is 0.384. The van der Waals surface area contributed by atoms with Crippen LogP contribution in [0.3, 0.4) is 0 Å². The fourth-order valence-electron chi connectivity index (χ4n) is 2.94. The van der Waals surface area contributed by atoms with Crippen LogP contribution >= 0.6 is 11.3 Å². The number of aromatic nitrogens is 3. The minimum Gasteiger partial charge on any atom is -0.444 e. The lowest BCUT2D eigenvalue weighted by Gasteiger charge is -2.09. The summed E-state index contributed by atoms with van der Waals surface area (Å²) in [5.41, 5.74) is 2.33. The van der Waals surface area contributed by atoms with Crippen molar-refractivity contribution in [3.63, 3.8) is 0 Å². The number of anilines is 2. The number of carbonyl (C=O) groups excluding carboxylic acids is 1. The molecule has 0 aliphatic heterocycles. The van der Waals surface area contributed by atoms with Gasteiger partial charge in [-0.1, -0.05) is 55.5 Å². The Bertz CT molecular complexity index is 1210. The molecule has 3 aromatic heterocycles. The van der Waals surface area contributed by atoms with Gasteiger partial charge in [-0.25, -0.2) is 15.0 Å². The van der Waals surface area contributed by atoms with Gasteiger partial charge in [0.05, 0.1) is 10.6 Å². The first-order valence-electron chi connectivity index (χ1n) is 10.2. The topological polar surface area (TPSA) is 89.0 Å². The summed E-state index contributed by atoms with van der Waals surface area (Å²) in [5.74, 6) is 1.92. The highest BCUT2D eigenvalue weighted by atomic mass is 32.1. The molecule has 0 fully saturated rings. The molecule has 0 aliphatic carbocycles. The zero-order chi connectivity index (χ0) is 22.5. The standard InChI is InChI=1S/C24H23N5O2S/c1-15(2)23-29-21(16-7-5-4-6-8-16)24(32-23)31-18-11-12-26-20(13-18)28-19-10-9-17(14-27-19)22(30)25-3/h4-15H,1-3H3,(H,25,30)(H,26,27,28). The minimum absolute atomic E-state index is 0.183. The number of nitrogens with one attached hydrogen (secondary N) is 2. The summed E-state index contributed by atoms with van der Waals surface area (Å²) >= 11 is 1.55. The van der Waals surface area contributed by atoms with Gasteiger partial charge in [0.25, 0.3) is 5.91 Å². The number of benzene rings is 1. The average Bonchev–Trinajstić information content (AvgIpc) is 3.24. The number of rotatable bonds is 7. The third kappa shape index (κ3) is 4.92. The van der Waals surface area contributed by atoms with Gasteiger partial charge in [-0.3, -0.25) is 4.79 Å². The van der Waals surface area contributed by atoms with Gasteiger partial charge in [-0.2, -0.15) is 0 Å². The highest BCUT2D eigenvalue weighted by Crippen LogP contribution is 2.40. The third-order valence-corrected chi connectivity index (χ3v) is 5.84. The van der Waals surface area contributed by atoms with Crippen molar-refractivity contribution in [3.05, 3.63) is 77.6 Å². The lowest BCUT2D eigenvalue weighted by molar-refractivity contribution is 0.0963.